The standard InChI is InChI=1S/C11H17N3O2S/c1-7(11(15)14-13)6-17-10-4-3-8(12)5-9(10)16-2/h3-5,7H,6,12-13H2,1-2H3,(H,14,15). The van der Waals surface area contributed by atoms with Crippen LogP contribution in [0, 0.1) is 5.92 Å². The van der Waals surface area contributed by atoms with Crippen LogP contribution in [0.1, 0.15) is 6.92 Å². The molecule has 0 heterocycles. The van der Waals surface area contributed by atoms with Crippen molar-refractivity contribution in [2.24, 2.45) is 11.8 Å². The van der Waals surface area contributed by atoms with Crippen LogP contribution in [0.4, 0.5) is 5.69 Å². The summed E-state index contributed by atoms with van der Waals surface area (Å²) >= 11 is 1.54. The first kappa shape index (κ1) is 13.7. The van der Waals surface area contributed by atoms with Crippen molar-refractivity contribution in [1.29, 1.82) is 0 Å². The number of hydrogen-bond acceptors (Lipinski definition) is 5. The number of amides is 1. The van der Waals surface area contributed by atoms with Gasteiger partial charge in [0.1, 0.15) is 5.75 Å². The molecule has 0 saturated heterocycles. The van der Waals surface area contributed by atoms with Gasteiger partial charge in [-0.1, -0.05) is 6.92 Å². The maximum Gasteiger partial charge on any atom is 0.237 e. The highest BCUT2D eigenvalue weighted by molar-refractivity contribution is 7.99. The van der Waals surface area contributed by atoms with Gasteiger partial charge in [0, 0.05) is 28.3 Å². The van der Waals surface area contributed by atoms with Crippen LogP contribution in [-0.2, 0) is 4.79 Å². The molecule has 6 heteroatoms. The maximum atomic E-state index is 11.2. The first-order chi connectivity index (χ1) is 8.08. The lowest BCUT2D eigenvalue weighted by Gasteiger charge is -2.12. The third kappa shape index (κ3) is 3.83. The highest BCUT2D eigenvalue weighted by Crippen LogP contribution is 2.32. The van der Waals surface area contributed by atoms with Gasteiger partial charge in [0.05, 0.1) is 7.11 Å². The number of ether oxygens (including phenoxy) is 1. The minimum atomic E-state index is -0.174. The van der Waals surface area contributed by atoms with Crippen LogP contribution in [0.15, 0.2) is 23.1 Å². The molecule has 0 aliphatic heterocycles. The predicted octanol–water partition coefficient (Wildman–Crippen LogP) is 0.995. The van der Waals surface area contributed by atoms with Crippen LogP contribution in [0.2, 0.25) is 0 Å². The zero-order valence-electron chi connectivity index (χ0n) is 9.90. The van der Waals surface area contributed by atoms with E-state index in [-0.39, 0.29) is 11.8 Å². The molecule has 94 valence electrons. The number of carbonyl (C=O) groups is 1. The topological polar surface area (TPSA) is 90.4 Å². The van der Waals surface area contributed by atoms with Crippen molar-refractivity contribution in [3.05, 3.63) is 18.2 Å². The van der Waals surface area contributed by atoms with Crippen molar-refractivity contribution in [3.8, 4) is 5.75 Å². The average molecular weight is 255 g/mol. The van der Waals surface area contributed by atoms with Crippen LogP contribution < -0.4 is 21.7 Å². The van der Waals surface area contributed by atoms with E-state index in [2.05, 4.69) is 5.43 Å². The van der Waals surface area contributed by atoms with Crippen molar-refractivity contribution in [2.75, 3.05) is 18.6 Å². The van der Waals surface area contributed by atoms with Crippen molar-refractivity contribution in [3.63, 3.8) is 0 Å². The molecule has 0 bridgehead atoms. The van der Waals surface area contributed by atoms with Gasteiger partial charge < -0.3 is 10.5 Å². The van der Waals surface area contributed by atoms with Gasteiger partial charge in [0.25, 0.3) is 0 Å². The Kier molecular flexibility index (Phi) is 5.11. The number of hydrogen-bond donors (Lipinski definition) is 3. The Morgan fingerprint density at radius 2 is 2.29 bits per heavy atom. The monoisotopic (exact) mass is 255 g/mol. The lowest BCUT2D eigenvalue weighted by atomic mass is 10.2. The van der Waals surface area contributed by atoms with Gasteiger partial charge in [0.15, 0.2) is 0 Å². The fourth-order valence-electron chi connectivity index (χ4n) is 1.24. The number of nitrogens with two attached hydrogens (primary N) is 2. The Balaban J connectivity index is 2.66. The molecule has 1 amide bonds. The Morgan fingerprint density at radius 3 is 2.88 bits per heavy atom. The van der Waals surface area contributed by atoms with E-state index in [0.29, 0.717) is 11.4 Å². The summed E-state index contributed by atoms with van der Waals surface area (Å²) in [6.07, 6.45) is 0. The fourth-order valence-corrected chi connectivity index (χ4v) is 2.27. The molecule has 1 atom stereocenters. The van der Waals surface area contributed by atoms with Gasteiger partial charge in [0.2, 0.25) is 5.91 Å². The molecule has 5 nitrogen and oxygen atoms in total. The molecule has 1 rings (SSSR count). The molecule has 0 aliphatic rings. The zero-order chi connectivity index (χ0) is 12.8. The molecule has 1 aromatic rings. The maximum absolute atomic E-state index is 11.2. The molecule has 0 fully saturated rings. The first-order valence-corrected chi connectivity index (χ1v) is 6.13. The van der Waals surface area contributed by atoms with Crippen molar-refractivity contribution < 1.29 is 9.53 Å². The van der Waals surface area contributed by atoms with Gasteiger partial charge in [-0.3, -0.25) is 10.2 Å². The zero-order valence-corrected chi connectivity index (χ0v) is 10.7. The number of nitrogen functional groups attached to an aromatic ring is 1. The number of thioether (sulfide) groups is 1. The minimum Gasteiger partial charge on any atom is -0.496 e. The summed E-state index contributed by atoms with van der Waals surface area (Å²) < 4.78 is 5.22. The largest absolute Gasteiger partial charge is 0.496 e. The summed E-state index contributed by atoms with van der Waals surface area (Å²) in [6, 6.07) is 5.44. The highest BCUT2D eigenvalue weighted by Gasteiger charge is 2.13. The average Bonchev–Trinajstić information content (AvgIpc) is 2.35. The fraction of sp³-hybridized carbons (Fsp3) is 0.364. The molecule has 5 N–H and O–H groups in total. The van der Waals surface area contributed by atoms with E-state index >= 15 is 0 Å². The van der Waals surface area contributed by atoms with Crippen molar-refractivity contribution in [1.82, 2.24) is 5.43 Å². The first-order valence-electron chi connectivity index (χ1n) is 5.15. The number of nitrogens with one attached hydrogen (secondary N) is 1. The van der Waals surface area contributed by atoms with E-state index in [1.165, 1.54) is 11.8 Å². The number of carbonyl (C=O) groups excluding carboxylic acids is 1. The summed E-state index contributed by atoms with van der Waals surface area (Å²) in [5.41, 5.74) is 8.45. The third-order valence-electron chi connectivity index (χ3n) is 2.27. The molecule has 0 spiro atoms. The van der Waals surface area contributed by atoms with Gasteiger partial charge >= 0.3 is 0 Å². The number of anilines is 1. The van der Waals surface area contributed by atoms with Crippen molar-refractivity contribution in [2.45, 2.75) is 11.8 Å². The smallest absolute Gasteiger partial charge is 0.237 e. The number of methoxy groups -OCH3 is 1. The molecule has 0 aromatic heterocycles. The molecule has 17 heavy (non-hydrogen) atoms. The summed E-state index contributed by atoms with van der Waals surface area (Å²) in [4.78, 5) is 12.2. The second-order valence-corrected chi connectivity index (χ2v) is 4.69. The molecule has 1 unspecified atom stereocenters. The van der Waals surface area contributed by atoms with E-state index in [1.54, 1.807) is 19.2 Å². The Hall–Kier alpha value is -1.40. The predicted molar refractivity (Wildman–Crippen MR) is 69.6 cm³/mol. The molecular formula is C11H17N3O2S. The van der Waals surface area contributed by atoms with E-state index in [9.17, 15) is 4.79 Å². The van der Waals surface area contributed by atoms with Crippen molar-refractivity contribution >= 4 is 23.4 Å². The molecule has 0 saturated carbocycles. The van der Waals surface area contributed by atoms with E-state index < -0.39 is 0 Å². The SMILES string of the molecule is COc1cc(N)ccc1SCC(C)C(=O)NN. The van der Waals surface area contributed by atoms with Gasteiger partial charge in [-0.25, -0.2) is 5.84 Å². The van der Waals surface area contributed by atoms with Gasteiger partial charge in [-0.05, 0) is 12.1 Å². The normalized spacial score (nSPS) is 11.9. The lowest BCUT2D eigenvalue weighted by Crippen LogP contribution is -2.35. The van der Waals surface area contributed by atoms with Crippen LogP contribution in [0.3, 0.4) is 0 Å². The molecule has 0 radical (unpaired) electrons. The van der Waals surface area contributed by atoms with Crippen LogP contribution in [-0.4, -0.2) is 18.8 Å². The van der Waals surface area contributed by atoms with Crippen LogP contribution in [0.25, 0.3) is 0 Å². The lowest BCUT2D eigenvalue weighted by molar-refractivity contribution is -0.123. The second kappa shape index (κ2) is 6.36. The molecule has 1 aromatic carbocycles. The summed E-state index contributed by atoms with van der Waals surface area (Å²) in [5, 5.41) is 0. The third-order valence-corrected chi connectivity index (χ3v) is 3.58. The van der Waals surface area contributed by atoms with E-state index in [1.807, 2.05) is 13.0 Å². The van der Waals surface area contributed by atoms with Gasteiger partial charge in [-0.2, -0.15) is 0 Å². The molecule has 0 aliphatic carbocycles. The quantitative estimate of drug-likeness (QED) is 0.240. The minimum absolute atomic E-state index is 0.160. The van der Waals surface area contributed by atoms with Crippen LogP contribution in [0.5, 0.6) is 5.75 Å². The number of hydrazine groups is 1. The Labute approximate surface area is 105 Å². The van der Waals surface area contributed by atoms with E-state index in [4.69, 9.17) is 16.3 Å². The Bertz CT molecular complexity index is 398. The second-order valence-electron chi connectivity index (χ2n) is 3.63. The van der Waals surface area contributed by atoms with Crippen LogP contribution >= 0.6 is 11.8 Å². The van der Waals surface area contributed by atoms with E-state index in [0.717, 1.165) is 10.6 Å². The summed E-state index contributed by atoms with van der Waals surface area (Å²) in [5.74, 6) is 6.08. The number of benzene rings is 1. The highest BCUT2D eigenvalue weighted by atomic mass is 32.2. The summed E-state index contributed by atoms with van der Waals surface area (Å²) in [7, 11) is 1.59. The number of rotatable bonds is 5. The Morgan fingerprint density at radius 1 is 1.59 bits per heavy atom. The van der Waals surface area contributed by atoms with Gasteiger partial charge in [-0.15, -0.1) is 11.8 Å². The summed E-state index contributed by atoms with van der Waals surface area (Å²) in [6.45, 7) is 1.82. The molecular weight excluding hydrogens is 238 g/mol.